The second-order valence-corrected chi connectivity index (χ2v) is 5.01. The molecule has 0 aromatic heterocycles. The Kier molecular flexibility index (Phi) is 4.36. The van der Waals surface area contributed by atoms with Gasteiger partial charge in [0.2, 0.25) is 0 Å². The highest BCUT2D eigenvalue weighted by atomic mass is 16.1. The molecule has 0 atom stereocenters. The largest absolute Gasteiger partial charge is 0.362 e. The molecule has 0 saturated carbocycles. The van der Waals surface area contributed by atoms with Gasteiger partial charge in [0.25, 0.3) is 0 Å². The van der Waals surface area contributed by atoms with Crippen LogP contribution in [0, 0.1) is 20.8 Å². The predicted octanol–water partition coefficient (Wildman–Crippen LogP) is 4.42. The van der Waals surface area contributed by atoms with Gasteiger partial charge in [-0.05, 0) is 50.1 Å². The van der Waals surface area contributed by atoms with Gasteiger partial charge in [0.15, 0.2) is 5.78 Å². The molecule has 0 fully saturated rings. The lowest BCUT2D eigenvalue weighted by molar-refractivity contribution is 0.104. The van der Waals surface area contributed by atoms with Gasteiger partial charge in [0.05, 0.1) is 0 Å². The summed E-state index contributed by atoms with van der Waals surface area (Å²) in [5, 5.41) is 3.10. The lowest BCUT2D eigenvalue weighted by atomic mass is 10.0. The zero-order chi connectivity index (χ0) is 14.5. The predicted molar refractivity (Wildman–Crippen MR) is 84.2 cm³/mol. The molecule has 102 valence electrons. The van der Waals surface area contributed by atoms with E-state index in [9.17, 15) is 4.79 Å². The summed E-state index contributed by atoms with van der Waals surface area (Å²) >= 11 is 0. The van der Waals surface area contributed by atoms with Crippen LogP contribution in [-0.4, -0.2) is 5.78 Å². The van der Waals surface area contributed by atoms with E-state index < -0.39 is 0 Å². The van der Waals surface area contributed by atoms with E-state index in [1.54, 1.807) is 12.3 Å². The van der Waals surface area contributed by atoms with E-state index in [4.69, 9.17) is 0 Å². The number of nitrogens with one attached hydrogen (secondary N) is 1. The van der Waals surface area contributed by atoms with Crippen LogP contribution in [0.25, 0.3) is 0 Å². The van der Waals surface area contributed by atoms with Crippen molar-refractivity contribution < 1.29 is 4.79 Å². The van der Waals surface area contributed by atoms with Crippen LogP contribution in [0.1, 0.15) is 27.0 Å². The molecule has 0 aliphatic carbocycles. The SMILES string of the molecule is Cc1ccc(N/C=C/C(=O)c2ccc(C)c(C)c2)cc1. The smallest absolute Gasteiger partial charge is 0.187 e. The fourth-order valence-corrected chi connectivity index (χ4v) is 1.85. The third kappa shape index (κ3) is 3.58. The maximum absolute atomic E-state index is 12.0. The quantitative estimate of drug-likeness (QED) is 0.655. The summed E-state index contributed by atoms with van der Waals surface area (Å²) in [6, 6.07) is 13.8. The molecule has 2 heteroatoms. The Hall–Kier alpha value is -2.35. The van der Waals surface area contributed by atoms with Crippen molar-refractivity contribution in [1.29, 1.82) is 0 Å². The minimum Gasteiger partial charge on any atom is -0.362 e. The van der Waals surface area contributed by atoms with Gasteiger partial charge in [-0.2, -0.15) is 0 Å². The van der Waals surface area contributed by atoms with E-state index in [0.717, 1.165) is 16.8 Å². The molecule has 0 heterocycles. The summed E-state index contributed by atoms with van der Waals surface area (Å²) in [4.78, 5) is 12.0. The molecule has 0 unspecified atom stereocenters. The molecular weight excluding hydrogens is 246 g/mol. The van der Waals surface area contributed by atoms with Gasteiger partial charge < -0.3 is 5.32 Å². The van der Waals surface area contributed by atoms with E-state index >= 15 is 0 Å². The third-order valence-electron chi connectivity index (χ3n) is 3.33. The van der Waals surface area contributed by atoms with Crippen LogP contribution in [-0.2, 0) is 0 Å². The van der Waals surface area contributed by atoms with Crippen molar-refractivity contribution in [2.75, 3.05) is 5.32 Å². The minimum atomic E-state index is 0.00714. The molecule has 0 bridgehead atoms. The van der Waals surface area contributed by atoms with Crippen LogP contribution in [0.15, 0.2) is 54.7 Å². The summed E-state index contributed by atoms with van der Waals surface area (Å²) in [6.45, 7) is 6.10. The Morgan fingerprint density at radius 1 is 0.950 bits per heavy atom. The van der Waals surface area contributed by atoms with E-state index in [1.165, 1.54) is 11.1 Å². The number of ketones is 1. The minimum absolute atomic E-state index is 0.00714. The molecule has 2 aromatic carbocycles. The second kappa shape index (κ2) is 6.20. The molecule has 2 rings (SSSR count). The Bertz CT molecular complexity index is 639. The van der Waals surface area contributed by atoms with Crippen molar-refractivity contribution in [3.05, 3.63) is 77.0 Å². The molecule has 20 heavy (non-hydrogen) atoms. The first-order valence-electron chi connectivity index (χ1n) is 6.67. The number of anilines is 1. The van der Waals surface area contributed by atoms with Gasteiger partial charge in [-0.3, -0.25) is 4.79 Å². The summed E-state index contributed by atoms with van der Waals surface area (Å²) in [7, 11) is 0. The van der Waals surface area contributed by atoms with Gasteiger partial charge in [-0.25, -0.2) is 0 Å². The number of aryl methyl sites for hydroxylation is 3. The van der Waals surface area contributed by atoms with Crippen molar-refractivity contribution in [3.8, 4) is 0 Å². The lowest BCUT2D eigenvalue weighted by Gasteiger charge is -2.03. The maximum Gasteiger partial charge on any atom is 0.187 e. The number of carbonyl (C=O) groups excluding carboxylic acids is 1. The topological polar surface area (TPSA) is 29.1 Å². The number of hydrogen-bond acceptors (Lipinski definition) is 2. The lowest BCUT2D eigenvalue weighted by Crippen LogP contribution is -1.97. The first-order valence-corrected chi connectivity index (χ1v) is 6.67. The summed E-state index contributed by atoms with van der Waals surface area (Å²) in [5.74, 6) is 0.00714. The molecule has 0 aliphatic heterocycles. The molecule has 0 amide bonds. The fourth-order valence-electron chi connectivity index (χ4n) is 1.85. The highest BCUT2D eigenvalue weighted by Crippen LogP contribution is 2.11. The van der Waals surface area contributed by atoms with Crippen LogP contribution < -0.4 is 5.32 Å². The second-order valence-electron chi connectivity index (χ2n) is 5.01. The molecule has 1 N–H and O–H groups in total. The molecular formula is C18H19NO. The molecule has 0 spiro atoms. The third-order valence-corrected chi connectivity index (χ3v) is 3.33. The molecule has 2 nitrogen and oxygen atoms in total. The summed E-state index contributed by atoms with van der Waals surface area (Å²) in [5.41, 5.74) is 5.24. The molecule has 2 aromatic rings. The maximum atomic E-state index is 12.0. The Labute approximate surface area is 120 Å². The number of hydrogen-bond donors (Lipinski definition) is 1. The van der Waals surface area contributed by atoms with Crippen LogP contribution in [0.2, 0.25) is 0 Å². The Morgan fingerprint density at radius 3 is 2.30 bits per heavy atom. The van der Waals surface area contributed by atoms with Crippen LogP contribution in [0.3, 0.4) is 0 Å². The van der Waals surface area contributed by atoms with Crippen molar-refractivity contribution in [3.63, 3.8) is 0 Å². The molecule has 0 radical (unpaired) electrons. The van der Waals surface area contributed by atoms with Gasteiger partial charge >= 0.3 is 0 Å². The van der Waals surface area contributed by atoms with Crippen molar-refractivity contribution in [2.45, 2.75) is 20.8 Å². The Morgan fingerprint density at radius 2 is 1.65 bits per heavy atom. The van der Waals surface area contributed by atoms with Crippen LogP contribution >= 0.6 is 0 Å². The van der Waals surface area contributed by atoms with Crippen molar-refractivity contribution in [2.24, 2.45) is 0 Å². The van der Waals surface area contributed by atoms with Gasteiger partial charge in [-0.15, -0.1) is 0 Å². The zero-order valence-electron chi connectivity index (χ0n) is 12.1. The van der Waals surface area contributed by atoms with Gasteiger partial charge in [0, 0.05) is 23.5 Å². The number of allylic oxidation sites excluding steroid dienone is 1. The van der Waals surface area contributed by atoms with Crippen molar-refractivity contribution in [1.82, 2.24) is 0 Å². The summed E-state index contributed by atoms with van der Waals surface area (Å²) in [6.07, 6.45) is 3.24. The normalized spacial score (nSPS) is 10.8. The van der Waals surface area contributed by atoms with Gasteiger partial charge in [-0.1, -0.05) is 29.8 Å². The van der Waals surface area contributed by atoms with Crippen LogP contribution in [0.5, 0.6) is 0 Å². The average Bonchev–Trinajstić information content (AvgIpc) is 2.44. The van der Waals surface area contributed by atoms with Crippen molar-refractivity contribution >= 4 is 11.5 Å². The average molecular weight is 265 g/mol. The van der Waals surface area contributed by atoms with E-state index in [2.05, 4.69) is 5.32 Å². The standard InChI is InChI=1S/C18H19NO/c1-13-4-8-17(9-5-13)19-11-10-18(20)16-7-6-14(2)15(3)12-16/h4-12,19H,1-3H3/b11-10+. The zero-order valence-corrected chi connectivity index (χ0v) is 12.1. The van der Waals surface area contributed by atoms with Gasteiger partial charge in [0.1, 0.15) is 0 Å². The summed E-state index contributed by atoms with van der Waals surface area (Å²) < 4.78 is 0. The number of rotatable bonds is 4. The highest BCUT2D eigenvalue weighted by molar-refractivity contribution is 6.04. The molecule has 0 saturated heterocycles. The highest BCUT2D eigenvalue weighted by Gasteiger charge is 2.02. The van der Waals surface area contributed by atoms with E-state index in [1.807, 2.05) is 63.2 Å². The monoisotopic (exact) mass is 265 g/mol. The van der Waals surface area contributed by atoms with E-state index in [-0.39, 0.29) is 5.78 Å². The fraction of sp³-hybridized carbons (Fsp3) is 0.167. The van der Waals surface area contributed by atoms with Crippen LogP contribution in [0.4, 0.5) is 5.69 Å². The number of carbonyl (C=O) groups is 1. The first-order chi connectivity index (χ1) is 9.56. The molecule has 0 aliphatic rings. The number of benzene rings is 2. The first kappa shape index (κ1) is 14.1. The van der Waals surface area contributed by atoms with E-state index in [0.29, 0.717) is 0 Å². The Balaban J connectivity index is 2.01.